The monoisotopic (exact) mass is 335 g/mol. The van der Waals surface area contributed by atoms with Gasteiger partial charge in [0.2, 0.25) is 5.91 Å². The molecule has 4 atom stereocenters. The van der Waals surface area contributed by atoms with Gasteiger partial charge in [0.05, 0.1) is 25.0 Å². The predicted octanol–water partition coefficient (Wildman–Crippen LogP) is -3.42. The van der Waals surface area contributed by atoms with Crippen LogP contribution in [0.3, 0.4) is 0 Å². The second kappa shape index (κ2) is 8.38. The van der Waals surface area contributed by atoms with Gasteiger partial charge in [-0.3, -0.25) is 4.79 Å². The number of allylic oxidation sites excluding steroid dienone is 1. The van der Waals surface area contributed by atoms with Crippen LogP contribution in [-0.2, 0) is 19.1 Å². The number of hydrogen-bond donors (Lipinski definition) is 0. The van der Waals surface area contributed by atoms with E-state index in [1.807, 2.05) is 6.92 Å². The van der Waals surface area contributed by atoms with Crippen LogP contribution in [0.25, 0.3) is 0 Å². The first-order valence-corrected chi connectivity index (χ1v) is 7.95. The van der Waals surface area contributed by atoms with Crippen molar-refractivity contribution in [3.8, 4) is 0 Å². The maximum atomic E-state index is 12.1. The van der Waals surface area contributed by atoms with E-state index < -0.39 is 18.0 Å². The van der Waals surface area contributed by atoms with Gasteiger partial charge in [0, 0.05) is 17.4 Å². The molecule has 116 valence electrons. The van der Waals surface area contributed by atoms with E-state index in [4.69, 9.17) is 0 Å². The molecule has 0 aliphatic carbocycles. The number of hydrogen-bond acceptors (Lipinski definition) is 6. The molecule has 0 radical (unpaired) electrons. The summed E-state index contributed by atoms with van der Waals surface area (Å²) in [6.07, 6.45) is 4.00. The first-order chi connectivity index (χ1) is 10.0. The van der Waals surface area contributed by atoms with Crippen LogP contribution >= 0.6 is 11.8 Å². The molecular weight excluding hydrogens is 317 g/mol. The number of rotatable bonds is 6. The Hall–Kier alpha value is -0.500. The molecule has 1 amide bonds. The summed E-state index contributed by atoms with van der Waals surface area (Å²) >= 11 is 1.55. The van der Waals surface area contributed by atoms with Gasteiger partial charge in [0.1, 0.15) is 0 Å². The van der Waals surface area contributed by atoms with Crippen LogP contribution in [0, 0.1) is 5.92 Å². The van der Waals surface area contributed by atoms with Gasteiger partial charge >= 0.3 is 35.5 Å². The third kappa shape index (κ3) is 3.69. The molecule has 2 saturated heterocycles. The maximum absolute atomic E-state index is 12.1. The molecule has 22 heavy (non-hydrogen) atoms. The topological polar surface area (TPSA) is 86.7 Å². The summed E-state index contributed by atoms with van der Waals surface area (Å²) in [5.74, 6) is -1.24. The summed E-state index contributed by atoms with van der Waals surface area (Å²) in [5.41, 5.74) is 0. The molecule has 0 aromatic rings. The molecule has 0 aromatic carbocycles. The second-order valence-electron chi connectivity index (χ2n) is 5.07. The van der Waals surface area contributed by atoms with E-state index in [2.05, 4.69) is 4.74 Å². The summed E-state index contributed by atoms with van der Waals surface area (Å²) in [7, 11) is 1.29. The van der Waals surface area contributed by atoms with E-state index >= 15 is 0 Å². The van der Waals surface area contributed by atoms with Crippen LogP contribution in [-0.4, -0.2) is 52.9 Å². The summed E-state index contributed by atoms with van der Waals surface area (Å²) in [5, 5.41) is 11.2. The zero-order chi connectivity index (χ0) is 15.6. The Morgan fingerprint density at radius 2 is 2.18 bits per heavy atom. The fraction of sp³-hybridized carbons (Fsp3) is 0.643. The molecule has 2 rings (SSSR count). The van der Waals surface area contributed by atoms with E-state index in [0.717, 1.165) is 5.75 Å². The van der Waals surface area contributed by atoms with Crippen LogP contribution in [0.2, 0.25) is 0 Å². The van der Waals surface area contributed by atoms with Crippen molar-refractivity contribution in [1.29, 1.82) is 0 Å². The number of carbonyl (C=O) groups is 3. The van der Waals surface area contributed by atoms with E-state index in [9.17, 15) is 19.5 Å². The van der Waals surface area contributed by atoms with E-state index in [1.165, 1.54) is 18.1 Å². The van der Waals surface area contributed by atoms with Crippen molar-refractivity contribution in [3.05, 3.63) is 12.2 Å². The first kappa shape index (κ1) is 19.5. The van der Waals surface area contributed by atoms with Crippen LogP contribution in [0.1, 0.15) is 19.8 Å². The van der Waals surface area contributed by atoms with Crippen LogP contribution in [0.5, 0.6) is 0 Å². The zero-order valence-electron chi connectivity index (χ0n) is 13.0. The number of aliphatic carboxylic acids is 1. The number of carboxylic acids is 1. The second-order valence-corrected chi connectivity index (χ2v) is 6.59. The molecule has 2 fully saturated rings. The Morgan fingerprint density at radius 1 is 1.50 bits per heavy atom. The van der Waals surface area contributed by atoms with E-state index in [0.29, 0.717) is 12.8 Å². The van der Waals surface area contributed by atoms with E-state index in [-0.39, 0.29) is 52.7 Å². The summed E-state index contributed by atoms with van der Waals surface area (Å²) < 4.78 is 4.48. The quantitative estimate of drug-likeness (QED) is 0.217. The maximum Gasteiger partial charge on any atom is 1.00 e. The summed E-state index contributed by atoms with van der Waals surface area (Å²) in [4.78, 5) is 35.8. The van der Waals surface area contributed by atoms with Crippen molar-refractivity contribution in [1.82, 2.24) is 4.90 Å². The Morgan fingerprint density at radius 3 is 2.73 bits per heavy atom. The van der Waals surface area contributed by atoms with E-state index in [1.54, 1.807) is 17.8 Å². The Kier molecular flexibility index (Phi) is 7.45. The predicted molar refractivity (Wildman–Crippen MR) is 75.2 cm³/mol. The molecule has 6 nitrogen and oxygen atoms in total. The largest absolute Gasteiger partial charge is 1.00 e. The molecule has 2 heterocycles. The fourth-order valence-electron chi connectivity index (χ4n) is 3.07. The first-order valence-electron chi connectivity index (χ1n) is 6.90. The summed E-state index contributed by atoms with van der Waals surface area (Å²) in [6, 6.07) is -0.889. The molecule has 0 N–H and O–H groups in total. The van der Waals surface area contributed by atoms with Gasteiger partial charge in [-0.15, -0.1) is 0 Å². The SMILES string of the molecule is CCSC1CC2C(C/C=C/C(=O)OC)C(=O)N2[C@H]1C(=O)[O-].[Na+]. The van der Waals surface area contributed by atoms with Crippen molar-refractivity contribution in [2.45, 2.75) is 37.1 Å². The Labute approximate surface area is 155 Å². The third-order valence-corrected chi connectivity index (χ3v) is 5.20. The van der Waals surface area contributed by atoms with Gasteiger partial charge in [-0.05, 0) is 18.6 Å². The molecule has 2 aliphatic rings. The summed E-state index contributed by atoms with van der Waals surface area (Å²) in [6.45, 7) is 1.96. The number of thioether (sulfide) groups is 1. The number of nitrogens with zero attached hydrogens (tertiary/aromatic N) is 1. The standard InChI is InChI=1S/C14H19NO5S.Na/c1-3-21-10-7-9-8(5-4-6-11(16)20-2)13(17)15(9)12(10)14(18)19;/h4,6,8-10,12H,3,5,7H2,1-2H3,(H,18,19);/q;+1/p-1/b6-4+;/t8?,9?,10?,12-;/m1./s1. The van der Waals surface area contributed by atoms with Gasteiger partial charge in [-0.1, -0.05) is 13.0 Å². The zero-order valence-corrected chi connectivity index (χ0v) is 15.8. The number of methoxy groups -OCH3 is 1. The number of fused-ring (bicyclic) bond motifs is 1. The van der Waals surface area contributed by atoms with Crippen molar-refractivity contribution >= 4 is 29.6 Å². The Bertz CT molecular complexity index is 484. The molecule has 2 aliphatic heterocycles. The molecule has 8 heteroatoms. The van der Waals surface area contributed by atoms with Crippen LogP contribution in [0.4, 0.5) is 0 Å². The normalized spacial score (nSPS) is 29.7. The van der Waals surface area contributed by atoms with Crippen molar-refractivity contribution in [2.75, 3.05) is 12.9 Å². The number of amides is 1. The molecule has 0 bridgehead atoms. The molecule has 0 saturated carbocycles. The van der Waals surface area contributed by atoms with Crippen molar-refractivity contribution in [3.63, 3.8) is 0 Å². The van der Waals surface area contributed by atoms with Gasteiger partial charge in [-0.25, -0.2) is 4.79 Å². The molecule has 0 aromatic heterocycles. The van der Waals surface area contributed by atoms with Gasteiger partial charge in [0.15, 0.2) is 0 Å². The Balaban J connectivity index is 0.00000242. The van der Waals surface area contributed by atoms with Crippen LogP contribution in [0.15, 0.2) is 12.2 Å². The third-order valence-electron chi connectivity index (χ3n) is 3.99. The average molecular weight is 335 g/mol. The minimum absolute atomic E-state index is 0. The van der Waals surface area contributed by atoms with Gasteiger partial charge < -0.3 is 19.5 Å². The number of ether oxygens (including phenoxy) is 1. The number of carboxylic acid groups (broad SMARTS) is 1. The average Bonchev–Trinajstić information content (AvgIpc) is 2.79. The fourth-order valence-corrected chi connectivity index (χ4v) is 4.26. The van der Waals surface area contributed by atoms with Gasteiger partial charge in [0.25, 0.3) is 0 Å². The van der Waals surface area contributed by atoms with Crippen LogP contribution < -0.4 is 34.7 Å². The minimum Gasteiger partial charge on any atom is -0.548 e. The van der Waals surface area contributed by atoms with Gasteiger partial charge in [-0.2, -0.15) is 11.8 Å². The number of carbonyl (C=O) groups excluding carboxylic acids is 3. The minimum atomic E-state index is -1.18. The number of esters is 1. The molecular formula is C14H18NNaO5S. The van der Waals surface area contributed by atoms with Crippen molar-refractivity contribution < 1.29 is 53.8 Å². The molecule has 3 unspecified atom stereocenters. The molecule has 0 spiro atoms. The van der Waals surface area contributed by atoms with Crippen molar-refractivity contribution in [2.24, 2.45) is 5.92 Å². The smallest absolute Gasteiger partial charge is 0.548 e. The number of β-lactam (4-membered cyclic amide) rings is 1.